The van der Waals surface area contributed by atoms with Crippen LogP contribution in [0.25, 0.3) is 0 Å². The molecule has 4 nitrogen and oxygen atoms in total. The van der Waals surface area contributed by atoms with Crippen LogP contribution in [0.15, 0.2) is 11.8 Å². The van der Waals surface area contributed by atoms with E-state index in [0.717, 1.165) is 0 Å². The van der Waals surface area contributed by atoms with Gasteiger partial charge in [-0.2, -0.15) is 5.26 Å². The summed E-state index contributed by atoms with van der Waals surface area (Å²) < 4.78 is 0. The molecule has 0 aliphatic rings. The van der Waals surface area contributed by atoms with E-state index in [0.29, 0.717) is 12.9 Å². The fourth-order valence-corrected chi connectivity index (χ4v) is 0.287. The minimum absolute atomic E-state index is 0.0131. The number of rotatable bonds is 4. The van der Waals surface area contributed by atoms with Crippen LogP contribution in [-0.2, 0) is 9.78 Å². The van der Waals surface area contributed by atoms with E-state index in [2.05, 4.69) is 9.78 Å². The van der Waals surface area contributed by atoms with Crippen molar-refractivity contribution in [3.05, 3.63) is 11.8 Å². The van der Waals surface area contributed by atoms with Gasteiger partial charge in [0.05, 0.1) is 18.4 Å². The van der Waals surface area contributed by atoms with E-state index in [-0.39, 0.29) is 12.2 Å². The van der Waals surface area contributed by atoms with E-state index in [4.69, 9.17) is 10.4 Å². The number of nitriles is 1. The summed E-state index contributed by atoms with van der Waals surface area (Å²) in [5.74, 6) is 0. The normalized spacial score (nSPS) is 11.0. The summed E-state index contributed by atoms with van der Waals surface area (Å²) >= 11 is 0. The van der Waals surface area contributed by atoms with Crippen LogP contribution in [0.2, 0.25) is 0 Å². The van der Waals surface area contributed by atoms with Gasteiger partial charge in [-0.05, 0) is 6.92 Å². The lowest BCUT2D eigenvalue weighted by Crippen LogP contribution is -1.97. The molecule has 1 N–H and O–H groups in total. The molecule has 0 atom stereocenters. The van der Waals surface area contributed by atoms with Gasteiger partial charge in [-0.15, -0.1) is 0 Å². The molecular weight excluding hydrogens is 134 g/mol. The van der Waals surface area contributed by atoms with Crippen molar-refractivity contribution in [2.24, 2.45) is 0 Å². The van der Waals surface area contributed by atoms with Gasteiger partial charge in [0.2, 0.25) is 0 Å². The highest BCUT2D eigenvalue weighted by atomic mass is 17.2. The maximum Gasteiger partial charge on any atom is 0.120 e. The van der Waals surface area contributed by atoms with Crippen molar-refractivity contribution in [3.8, 4) is 6.07 Å². The molecule has 10 heavy (non-hydrogen) atoms. The van der Waals surface area contributed by atoms with Gasteiger partial charge in [-0.25, -0.2) is 9.78 Å². The predicted molar refractivity (Wildman–Crippen MR) is 33.9 cm³/mol. The van der Waals surface area contributed by atoms with E-state index >= 15 is 0 Å². The molecule has 0 bridgehead atoms. The zero-order valence-electron chi connectivity index (χ0n) is 5.70. The molecule has 0 radical (unpaired) electrons. The predicted octanol–water partition coefficient (Wildman–Crippen LogP) is 0.920. The Morgan fingerprint density at radius 1 is 1.70 bits per heavy atom. The molecule has 0 aromatic carbocycles. The molecule has 0 saturated carbocycles. The monoisotopic (exact) mass is 143 g/mol. The van der Waals surface area contributed by atoms with E-state index in [1.54, 1.807) is 13.0 Å². The van der Waals surface area contributed by atoms with Gasteiger partial charge < -0.3 is 5.11 Å². The van der Waals surface area contributed by atoms with Gasteiger partial charge in [0.25, 0.3) is 0 Å². The number of aliphatic hydroxyl groups excluding tert-OH is 1. The number of hydrogen-bond donors (Lipinski definition) is 1. The average Bonchev–Trinajstić information content (AvgIpc) is 1.99. The molecule has 56 valence electrons. The number of nitrogens with zero attached hydrogens (tertiary/aromatic N) is 1. The first-order valence-corrected chi connectivity index (χ1v) is 2.83. The van der Waals surface area contributed by atoms with Crippen molar-refractivity contribution in [1.82, 2.24) is 0 Å². The minimum Gasteiger partial charge on any atom is -0.514 e. The van der Waals surface area contributed by atoms with Crippen molar-refractivity contribution >= 4 is 0 Å². The lowest BCUT2D eigenvalue weighted by molar-refractivity contribution is -0.284. The molecule has 0 saturated heterocycles. The van der Waals surface area contributed by atoms with Crippen LogP contribution in [-0.4, -0.2) is 18.3 Å². The van der Waals surface area contributed by atoms with Crippen LogP contribution in [0.3, 0.4) is 0 Å². The second-order valence-electron chi connectivity index (χ2n) is 1.43. The highest BCUT2D eigenvalue weighted by molar-refractivity contribution is 5.17. The Bertz CT molecular complexity index is 148. The number of hydrogen-bond acceptors (Lipinski definition) is 4. The molecule has 0 rings (SSSR count). The molecule has 0 unspecified atom stereocenters. The molecule has 4 heteroatoms. The maximum atomic E-state index is 8.31. The third-order valence-corrected chi connectivity index (χ3v) is 0.715. The van der Waals surface area contributed by atoms with Gasteiger partial charge in [0, 0.05) is 0 Å². The third-order valence-electron chi connectivity index (χ3n) is 0.715. The highest BCUT2D eigenvalue weighted by Crippen LogP contribution is 1.91. The molecular formula is C6H9NO3. The first kappa shape index (κ1) is 8.95. The van der Waals surface area contributed by atoms with E-state index in [1.807, 2.05) is 0 Å². The van der Waals surface area contributed by atoms with E-state index in [1.165, 1.54) is 0 Å². The van der Waals surface area contributed by atoms with Crippen LogP contribution >= 0.6 is 0 Å². The molecule has 0 fully saturated rings. The molecule has 0 aromatic heterocycles. The number of aliphatic hydroxyl groups is 1. The molecule has 0 aliphatic carbocycles. The third kappa shape index (κ3) is 3.89. The van der Waals surface area contributed by atoms with E-state index < -0.39 is 0 Å². The van der Waals surface area contributed by atoms with Crippen LogP contribution < -0.4 is 0 Å². The smallest absolute Gasteiger partial charge is 0.120 e. The van der Waals surface area contributed by atoms with Crippen molar-refractivity contribution < 1.29 is 14.9 Å². The first-order valence-electron chi connectivity index (χ1n) is 2.83. The Kier molecular flexibility index (Phi) is 5.44. The van der Waals surface area contributed by atoms with E-state index in [9.17, 15) is 0 Å². The minimum atomic E-state index is -0.0131. The summed E-state index contributed by atoms with van der Waals surface area (Å²) in [6.45, 7) is 2.17. The second-order valence-corrected chi connectivity index (χ2v) is 1.43. The van der Waals surface area contributed by atoms with Crippen molar-refractivity contribution in [3.63, 3.8) is 0 Å². The van der Waals surface area contributed by atoms with Gasteiger partial charge in [0.1, 0.15) is 12.7 Å². The second kappa shape index (κ2) is 6.08. The maximum absolute atomic E-state index is 8.31. The van der Waals surface area contributed by atoms with Gasteiger partial charge in [-0.1, -0.05) is 0 Å². The zero-order valence-corrected chi connectivity index (χ0v) is 5.70. The lowest BCUT2D eigenvalue weighted by atomic mass is 10.4. The van der Waals surface area contributed by atoms with Crippen LogP contribution in [0, 0.1) is 11.3 Å². The lowest BCUT2D eigenvalue weighted by Gasteiger charge is -1.97. The Morgan fingerprint density at radius 3 is 2.80 bits per heavy atom. The highest BCUT2D eigenvalue weighted by Gasteiger charge is 1.93. The van der Waals surface area contributed by atoms with Crippen molar-refractivity contribution in [1.29, 1.82) is 5.26 Å². The summed E-state index contributed by atoms with van der Waals surface area (Å²) in [5.41, 5.74) is 0.133. The Hall–Kier alpha value is -1.05. The first-order chi connectivity index (χ1) is 4.85. The van der Waals surface area contributed by atoms with Crippen molar-refractivity contribution in [2.45, 2.75) is 6.92 Å². The zero-order chi connectivity index (χ0) is 7.82. The summed E-state index contributed by atoms with van der Waals surface area (Å²) in [6, 6.07) is 1.72. The molecule has 0 heterocycles. The van der Waals surface area contributed by atoms with Crippen LogP contribution in [0.1, 0.15) is 6.92 Å². The summed E-state index contributed by atoms with van der Waals surface area (Å²) in [4.78, 5) is 8.94. The Morgan fingerprint density at radius 2 is 2.40 bits per heavy atom. The van der Waals surface area contributed by atoms with Crippen LogP contribution in [0.4, 0.5) is 0 Å². The summed E-state index contributed by atoms with van der Waals surface area (Å²) in [6.07, 6.45) is 0.693. The standard InChI is InChI=1S/C6H9NO3/c1-2-9-10-5-6(3-7)4-8/h4,8H,2,5H2,1H3/b6-4-. The Balaban J connectivity index is 3.40. The molecule has 0 aromatic rings. The topological polar surface area (TPSA) is 62.5 Å². The fraction of sp³-hybridized carbons (Fsp3) is 0.500. The SMILES string of the molecule is CCOOC/C(C#N)=C\O. The fourth-order valence-electron chi connectivity index (χ4n) is 0.287. The summed E-state index contributed by atoms with van der Waals surface area (Å²) in [5, 5.41) is 16.5. The quantitative estimate of drug-likeness (QED) is 0.209. The van der Waals surface area contributed by atoms with Crippen LogP contribution in [0.5, 0.6) is 0 Å². The van der Waals surface area contributed by atoms with Gasteiger partial charge >= 0.3 is 0 Å². The summed E-state index contributed by atoms with van der Waals surface area (Å²) in [7, 11) is 0. The molecule has 0 spiro atoms. The van der Waals surface area contributed by atoms with Crippen molar-refractivity contribution in [2.75, 3.05) is 13.2 Å². The van der Waals surface area contributed by atoms with Gasteiger partial charge in [0.15, 0.2) is 0 Å². The molecule has 0 amide bonds. The molecule has 0 aliphatic heterocycles. The largest absolute Gasteiger partial charge is 0.514 e. The average molecular weight is 143 g/mol. The van der Waals surface area contributed by atoms with Gasteiger partial charge in [-0.3, -0.25) is 0 Å². The Labute approximate surface area is 59.2 Å².